The van der Waals surface area contributed by atoms with Gasteiger partial charge in [-0.05, 0) is 32.0 Å². The highest BCUT2D eigenvalue weighted by Crippen LogP contribution is 2.19. The lowest BCUT2D eigenvalue weighted by atomic mass is 10.2. The predicted molar refractivity (Wildman–Crippen MR) is 62.3 cm³/mol. The smallest absolute Gasteiger partial charge is 0.0876 e. The number of benzene rings is 1. The second kappa shape index (κ2) is 4.17. The molecule has 2 rings (SSSR count). The summed E-state index contributed by atoms with van der Waals surface area (Å²) in [6, 6.07) is 10.5. The number of aromatic nitrogens is 2. The quantitative estimate of drug-likeness (QED) is 0.827. The van der Waals surface area contributed by atoms with Crippen molar-refractivity contribution < 1.29 is 0 Å². The van der Waals surface area contributed by atoms with Gasteiger partial charge in [0.05, 0.1) is 11.4 Å². The summed E-state index contributed by atoms with van der Waals surface area (Å²) in [5, 5.41) is 7.63. The van der Waals surface area contributed by atoms with Crippen molar-refractivity contribution in [1.82, 2.24) is 9.78 Å². The fraction of sp³-hybridized carbons (Fsp3) is 0.250. The van der Waals surface area contributed by atoms with Gasteiger partial charge in [0.25, 0.3) is 0 Å². The Labute approximate surface area is 89.7 Å². The highest BCUT2D eigenvalue weighted by atomic mass is 15.3. The largest absolute Gasteiger partial charge is 0.381 e. The molecule has 3 heteroatoms. The van der Waals surface area contributed by atoms with E-state index in [2.05, 4.69) is 36.4 Å². The van der Waals surface area contributed by atoms with E-state index in [1.165, 1.54) is 0 Å². The van der Waals surface area contributed by atoms with Gasteiger partial charge in [0.2, 0.25) is 0 Å². The molecule has 0 aliphatic carbocycles. The Morgan fingerprint density at radius 2 is 2.00 bits per heavy atom. The molecule has 15 heavy (non-hydrogen) atoms. The molecule has 0 unspecified atom stereocenters. The molecule has 78 valence electrons. The zero-order valence-corrected chi connectivity index (χ0v) is 9.01. The fourth-order valence-corrected chi connectivity index (χ4v) is 1.52. The molecule has 1 aromatic heterocycles. The molecule has 1 aromatic carbocycles. The van der Waals surface area contributed by atoms with Gasteiger partial charge in [0, 0.05) is 18.4 Å². The lowest BCUT2D eigenvalue weighted by molar-refractivity contribution is 0.860. The Hall–Kier alpha value is -1.77. The van der Waals surface area contributed by atoms with E-state index in [0.29, 0.717) is 6.04 Å². The van der Waals surface area contributed by atoms with Crippen LogP contribution in [0.25, 0.3) is 5.69 Å². The van der Waals surface area contributed by atoms with Crippen LogP contribution in [0, 0.1) is 0 Å². The van der Waals surface area contributed by atoms with E-state index >= 15 is 0 Å². The topological polar surface area (TPSA) is 29.9 Å². The van der Waals surface area contributed by atoms with Gasteiger partial charge >= 0.3 is 0 Å². The molecule has 1 N–H and O–H groups in total. The standard InChI is InChI=1S/C12H15N3/c1-10(2)14-11-6-3-4-7-12(11)15-9-5-8-13-15/h3-10,14H,1-2H3. The fourth-order valence-electron chi connectivity index (χ4n) is 1.52. The van der Waals surface area contributed by atoms with Crippen LogP contribution in [0.4, 0.5) is 5.69 Å². The van der Waals surface area contributed by atoms with Crippen molar-refractivity contribution >= 4 is 5.69 Å². The van der Waals surface area contributed by atoms with Crippen LogP contribution in [0.5, 0.6) is 0 Å². The maximum atomic E-state index is 4.23. The van der Waals surface area contributed by atoms with Gasteiger partial charge in [-0.2, -0.15) is 5.10 Å². The first-order chi connectivity index (χ1) is 7.27. The minimum Gasteiger partial charge on any atom is -0.381 e. The first kappa shape index (κ1) is 9.77. The van der Waals surface area contributed by atoms with Crippen molar-refractivity contribution in [2.24, 2.45) is 0 Å². The molecular weight excluding hydrogens is 186 g/mol. The molecular formula is C12H15N3. The molecule has 0 bridgehead atoms. The lowest BCUT2D eigenvalue weighted by Crippen LogP contribution is -2.12. The van der Waals surface area contributed by atoms with Gasteiger partial charge in [0.15, 0.2) is 0 Å². The summed E-state index contributed by atoms with van der Waals surface area (Å²) in [7, 11) is 0. The SMILES string of the molecule is CC(C)Nc1ccccc1-n1cccn1. The van der Waals surface area contributed by atoms with Crippen LogP contribution in [0.3, 0.4) is 0 Å². The Morgan fingerprint density at radius 3 is 2.67 bits per heavy atom. The number of rotatable bonds is 3. The summed E-state index contributed by atoms with van der Waals surface area (Å²) in [6.45, 7) is 4.25. The highest BCUT2D eigenvalue weighted by Gasteiger charge is 2.04. The molecule has 0 aliphatic heterocycles. The van der Waals surface area contributed by atoms with Crippen molar-refractivity contribution in [3.05, 3.63) is 42.7 Å². The Balaban J connectivity index is 2.38. The van der Waals surface area contributed by atoms with E-state index in [1.54, 1.807) is 6.20 Å². The number of hydrogen-bond donors (Lipinski definition) is 1. The van der Waals surface area contributed by atoms with Crippen LogP contribution in [-0.4, -0.2) is 15.8 Å². The average molecular weight is 201 g/mol. The third-order valence-electron chi connectivity index (χ3n) is 2.10. The van der Waals surface area contributed by atoms with Gasteiger partial charge in [-0.3, -0.25) is 0 Å². The third kappa shape index (κ3) is 2.18. The van der Waals surface area contributed by atoms with E-state index in [-0.39, 0.29) is 0 Å². The molecule has 0 spiro atoms. The Kier molecular flexibility index (Phi) is 2.72. The summed E-state index contributed by atoms with van der Waals surface area (Å²) in [4.78, 5) is 0. The molecule has 0 atom stereocenters. The Morgan fingerprint density at radius 1 is 1.20 bits per heavy atom. The van der Waals surface area contributed by atoms with Gasteiger partial charge in [0.1, 0.15) is 0 Å². The molecule has 0 radical (unpaired) electrons. The molecule has 0 fully saturated rings. The number of hydrogen-bond acceptors (Lipinski definition) is 2. The minimum absolute atomic E-state index is 0.418. The zero-order chi connectivity index (χ0) is 10.7. The lowest BCUT2D eigenvalue weighted by Gasteiger charge is -2.14. The van der Waals surface area contributed by atoms with Gasteiger partial charge in [-0.25, -0.2) is 4.68 Å². The van der Waals surface area contributed by atoms with Crippen LogP contribution >= 0.6 is 0 Å². The minimum atomic E-state index is 0.418. The van der Waals surface area contributed by atoms with Crippen molar-refractivity contribution in [2.45, 2.75) is 19.9 Å². The van der Waals surface area contributed by atoms with Crippen LogP contribution < -0.4 is 5.32 Å². The van der Waals surface area contributed by atoms with E-state index in [4.69, 9.17) is 0 Å². The van der Waals surface area contributed by atoms with Crippen LogP contribution in [0.2, 0.25) is 0 Å². The molecule has 3 nitrogen and oxygen atoms in total. The first-order valence-electron chi connectivity index (χ1n) is 5.13. The van der Waals surface area contributed by atoms with E-state index in [0.717, 1.165) is 11.4 Å². The summed E-state index contributed by atoms with van der Waals surface area (Å²) < 4.78 is 1.87. The number of para-hydroxylation sites is 2. The first-order valence-corrected chi connectivity index (χ1v) is 5.13. The molecule has 0 amide bonds. The summed E-state index contributed by atoms with van der Waals surface area (Å²) in [5.41, 5.74) is 2.19. The maximum Gasteiger partial charge on any atom is 0.0876 e. The predicted octanol–water partition coefficient (Wildman–Crippen LogP) is 2.69. The van der Waals surface area contributed by atoms with Crippen molar-refractivity contribution in [3.63, 3.8) is 0 Å². The number of nitrogens with zero attached hydrogens (tertiary/aromatic N) is 2. The second-order valence-electron chi connectivity index (χ2n) is 3.77. The molecule has 2 aromatic rings. The second-order valence-corrected chi connectivity index (χ2v) is 3.77. The highest BCUT2D eigenvalue weighted by molar-refractivity contribution is 5.60. The van der Waals surface area contributed by atoms with Crippen molar-refractivity contribution in [1.29, 1.82) is 0 Å². The average Bonchev–Trinajstić information content (AvgIpc) is 2.70. The van der Waals surface area contributed by atoms with Gasteiger partial charge in [-0.15, -0.1) is 0 Å². The Bertz CT molecular complexity index is 418. The molecule has 0 saturated heterocycles. The molecule has 0 saturated carbocycles. The van der Waals surface area contributed by atoms with Gasteiger partial charge in [-0.1, -0.05) is 12.1 Å². The van der Waals surface area contributed by atoms with E-state index in [9.17, 15) is 0 Å². The van der Waals surface area contributed by atoms with Crippen LogP contribution in [0.1, 0.15) is 13.8 Å². The van der Waals surface area contributed by atoms with Crippen molar-refractivity contribution in [3.8, 4) is 5.69 Å². The normalized spacial score (nSPS) is 10.6. The maximum absolute atomic E-state index is 4.23. The summed E-state index contributed by atoms with van der Waals surface area (Å²) in [6.07, 6.45) is 3.73. The number of nitrogens with one attached hydrogen (secondary N) is 1. The monoisotopic (exact) mass is 201 g/mol. The summed E-state index contributed by atoms with van der Waals surface area (Å²) >= 11 is 0. The molecule has 0 aliphatic rings. The third-order valence-corrected chi connectivity index (χ3v) is 2.10. The van der Waals surface area contributed by atoms with Crippen LogP contribution in [-0.2, 0) is 0 Å². The van der Waals surface area contributed by atoms with Gasteiger partial charge < -0.3 is 5.32 Å². The van der Waals surface area contributed by atoms with Crippen LogP contribution in [0.15, 0.2) is 42.7 Å². The van der Waals surface area contributed by atoms with Crippen molar-refractivity contribution in [2.75, 3.05) is 5.32 Å². The zero-order valence-electron chi connectivity index (χ0n) is 9.01. The van der Waals surface area contributed by atoms with E-state index < -0.39 is 0 Å². The van der Waals surface area contributed by atoms with E-state index in [1.807, 2.05) is 29.1 Å². The number of anilines is 1. The molecule has 1 heterocycles. The summed E-state index contributed by atoms with van der Waals surface area (Å²) in [5.74, 6) is 0.